The van der Waals surface area contributed by atoms with Crippen molar-refractivity contribution in [3.63, 3.8) is 0 Å². The van der Waals surface area contributed by atoms with Gasteiger partial charge in [0.2, 0.25) is 5.91 Å². The van der Waals surface area contributed by atoms with E-state index in [9.17, 15) is 14.4 Å². The van der Waals surface area contributed by atoms with E-state index in [1.807, 2.05) is 0 Å². The first kappa shape index (κ1) is 22.4. The van der Waals surface area contributed by atoms with Gasteiger partial charge in [-0.25, -0.2) is 9.78 Å². The SMILES string of the molecule is Cc1c(C(=O)Nc2cccc(NC(=O)CN3CCCCCC3)c2)cnn1-c1ccc(=O)[nH]n1. The molecule has 0 radical (unpaired) electrons. The zero-order valence-corrected chi connectivity index (χ0v) is 18.5. The second kappa shape index (κ2) is 10.2. The van der Waals surface area contributed by atoms with Gasteiger partial charge in [0.05, 0.1) is 24.0 Å². The lowest BCUT2D eigenvalue weighted by Gasteiger charge is -2.19. The van der Waals surface area contributed by atoms with Crippen LogP contribution in [0.1, 0.15) is 41.7 Å². The standard InChI is InChI=1S/C23H27N7O3/c1-16-19(14-24-30(16)20-9-10-21(31)28-27-20)23(33)26-18-8-6-7-17(13-18)25-22(32)15-29-11-4-2-3-5-12-29/h6-10,13-14H,2-5,11-12,15H2,1H3,(H,25,32)(H,26,33)(H,28,31). The number of benzene rings is 1. The topological polar surface area (TPSA) is 125 Å². The van der Waals surface area contributed by atoms with Crippen molar-refractivity contribution in [2.45, 2.75) is 32.6 Å². The maximum absolute atomic E-state index is 12.8. The van der Waals surface area contributed by atoms with Crippen molar-refractivity contribution in [2.24, 2.45) is 0 Å². The highest BCUT2D eigenvalue weighted by atomic mass is 16.2. The third kappa shape index (κ3) is 5.72. The van der Waals surface area contributed by atoms with E-state index in [-0.39, 0.29) is 17.4 Å². The Bertz CT molecular complexity index is 1170. The lowest BCUT2D eigenvalue weighted by molar-refractivity contribution is -0.117. The molecule has 10 heteroatoms. The maximum atomic E-state index is 12.8. The number of anilines is 2. The van der Waals surface area contributed by atoms with Crippen LogP contribution in [0, 0.1) is 6.92 Å². The van der Waals surface area contributed by atoms with Crippen LogP contribution in [0.25, 0.3) is 5.82 Å². The molecule has 1 saturated heterocycles. The first-order chi connectivity index (χ1) is 16.0. The molecule has 1 fully saturated rings. The summed E-state index contributed by atoms with van der Waals surface area (Å²) in [5.74, 6) is 0.00221. The van der Waals surface area contributed by atoms with Gasteiger partial charge in [0.15, 0.2) is 5.82 Å². The number of likely N-dealkylation sites (tertiary alicyclic amines) is 1. The zero-order chi connectivity index (χ0) is 23.2. The van der Waals surface area contributed by atoms with E-state index < -0.39 is 0 Å². The molecule has 3 N–H and O–H groups in total. The number of H-pyrrole nitrogens is 1. The second-order valence-corrected chi connectivity index (χ2v) is 8.11. The van der Waals surface area contributed by atoms with Crippen LogP contribution in [-0.4, -0.2) is 56.3 Å². The van der Waals surface area contributed by atoms with E-state index in [0.717, 1.165) is 25.9 Å². The molecule has 0 atom stereocenters. The van der Waals surface area contributed by atoms with Crippen LogP contribution >= 0.6 is 0 Å². The van der Waals surface area contributed by atoms with Crippen molar-refractivity contribution < 1.29 is 9.59 Å². The highest BCUT2D eigenvalue weighted by Crippen LogP contribution is 2.18. The third-order valence-corrected chi connectivity index (χ3v) is 5.61. The third-order valence-electron chi connectivity index (χ3n) is 5.61. The highest BCUT2D eigenvalue weighted by Gasteiger charge is 2.17. The normalized spacial score (nSPS) is 14.5. The Labute approximate surface area is 191 Å². The molecule has 1 aromatic carbocycles. The summed E-state index contributed by atoms with van der Waals surface area (Å²) in [6.07, 6.45) is 6.15. The lowest BCUT2D eigenvalue weighted by Crippen LogP contribution is -2.33. The van der Waals surface area contributed by atoms with Gasteiger partial charge >= 0.3 is 0 Å². The molecule has 2 aromatic heterocycles. The molecule has 3 heterocycles. The number of nitrogens with zero attached hydrogens (tertiary/aromatic N) is 4. The Kier molecular flexibility index (Phi) is 6.94. The van der Waals surface area contributed by atoms with E-state index in [1.165, 1.54) is 35.9 Å². The Balaban J connectivity index is 1.40. The summed E-state index contributed by atoms with van der Waals surface area (Å²) in [5.41, 5.74) is 1.81. The van der Waals surface area contributed by atoms with Crippen LogP contribution in [0.15, 0.2) is 47.4 Å². The van der Waals surface area contributed by atoms with Crippen LogP contribution in [0.4, 0.5) is 11.4 Å². The molecule has 1 aliphatic rings. The summed E-state index contributed by atoms with van der Waals surface area (Å²) < 4.78 is 1.48. The molecule has 10 nitrogen and oxygen atoms in total. The van der Waals surface area contributed by atoms with E-state index in [1.54, 1.807) is 31.2 Å². The molecule has 0 saturated carbocycles. The summed E-state index contributed by atoms with van der Waals surface area (Å²) >= 11 is 0. The first-order valence-electron chi connectivity index (χ1n) is 11.0. The largest absolute Gasteiger partial charge is 0.325 e. The molecule has 0 aliphatic carbocycles. The molecule has 2 amide bonds. The van der Waals surface area contributed by atoms with E-state index in [4.69, 9.17) is 0 Å². The van der Waals surface area contributed by atoms with Gasteiger partial charge in [-0.05, 0) is 57.1 Å². The molecular weight excluding hydrogens is 422 g/mol. The minimum absolute atomic E-state index is 0.0640. The quantitative estimate of drug-likeness (QED) is 0.530. The lowest BCUT2D eigenvalue weighted by atomic mass is 10.2. The molecule has 3 aromatic rings. The van der Waals surface area contributed by atoms with E-state index in [0.29, 0.717) is 35.0 Å². The Morgan fingerprint density at radius 2 is 1.76 bits per heavy atom. The van der Waals surface area contributed by atoms with Gasteiger partial charge < -0.3 is 10.6 Å². The van der Waals surface area contributed by atoms with Crippen molar-refractivity contribution in [1.29, 1.82) is 0 Å². The van der Waals surface area contributed by atoms with Gasteiger partial charge in [0, 0.05) is 17.4 Å². The van der Waals surface area contributed by atoms with Gasteiger partial charge in [-0.3, -0.25) is 19.3 Å². The summed E-state index contributed by atoms with van der Waals surface area (Å²) in [7, 11) is 0. The number of hydrogen-bond acceptors (Lipinski definition) is 6. The molecule has 0 spiro atoms. The summed E-state index contributed by atoms with van der Waals surface area (Å²) in [6, 6.07) is 9.92. The molecule has 4 rings (SSSR count). The summed E-state index contributed by atoms with van der Waals surface area (Å²) in [4.78, 5) is 38.7. The number of rotatable bonds is 6. The number of aromatic nitrogens is 4. The van der Waals surface area contributed by atoms with Crippen molar-refractivity contribution in [3.05, 3.63) is 64.2 Å². The van der Waals surface area contributed by atoms with Gasteiger partial charge in [-0.1, -0.05) is 18.9 Å². The smallest absolute Gasteiger partial charge is 0.264 e. The Morgan fingerprint density at radius 1 is 1.03 bits per heavy atom. The first-order valence-corrected chi connectivity index (χ1v) is 11.0. The number of hydrogen-bond donors (Lipinski definition) is 3. The van der Waals surface area contributed by atoms with E-state index >= 15 is 0 Å². The van der Waals surface area contributed by atoms with Crippen molar-refractivity contribution in [2.75, 3.05) is 30.3 Å². The van der Waals surface area contributed by atoms with Crippen molar-refractivity contribution >= 4 is 23.2 Å². The fraction of sp³-hybridized carbons (Fsp3) is 0.348. The number of carbonyl (C=O) groups excluding carboxylic acids is 2. The molecule has 0 unspecified atom stereocenters. The highest BCUT2D eigenvalue weighted by molar-refractivity contribution is 6.05. The number of nitrogens with one attached hydrogen (secondary N) is 3. The second-order valence-electron chi connectivity index (χ2n) is 8.11. The predicted octanol–water partition coefficient (Wildman–Crippen LogP) is 2.33. The van der Waals surface area contributed by atoms with Crippen molar-refractivity contribution in [1.82, 2.24) is 24.9 Å². The zero-order valence-electron chi connectivity index (χ0n) is 18.5. The number of carbonyl (C=O) groups is 2. The predicted molar refractivity (Wildman–Crippen MR) is 125 cm³/mol. The molecule has 33 heavy (non-hydrogen) atoms. The average Bonchev–Trinajstić information content (AvgIpc) is 2.99. The maximum Gasteiger partial charge on any atom is 0.264 e. The average molecular weight is 450 g/mol. The van der Waals surface area contributed by atoms with Gasteiger partial charge in [-0.15, -0.1) is 0 Å². The minimum atomic E-state index is -0.337. The minimum Gasteiger partial charge on any atom is -0.325 e. The van der Waals surface area contributed by atoms with Crippen LogP contribution < -0.4 is 16.2 Å². The fourth-order valence-electron chi connectivity index (χ4n) is 3.89. The van der Waals surface area contributed by atoms with Crippen LogP contribution in [0.2, 0.25) is 0 Å². The molecule has 172 valence electrons. The van der Waals surface area contributed by atoms with Gasteiger partial charge in [0.25, 0.3) is 11.5 Å². The van der Waals surface area contributed by atoms with Crippen LogP contribution in [-0.2, 0) is 4.79 Å². The van der Waals surface area contributed by atoms with E-state index in [2.05, 4.69) is 30.8 Å². The van der Waals surface area contributed by atoms with Crippen LogP contribution in [0.5, 0.6) is 0 Å². The van der Waals surface area contributed by atoms with Gasteiger partial charge in [0.1, 0.15) is 0 Å². The number of aromatic amines is 1. The van der Waals surface area contributed by atoms with Crippen LogP contribution in [0.3, 0.4) is 0 Å². The molecular formula is C23H27N7O3. The summed E-state index contributed by atoms with van der Waals surface area (Å²) in [5, 5.41) is 16.3. The van der Waals surface area contributed by atoms with Gasteiger partial charge in [-0.2, -0.15) is 10.2 Å². The molecule has 1 aliphatic heterocycles. The fourth-order valence-corrected chi connectivity index (χ4v) is 3.89. The number of amides is 2. The monoisotopic (exact) mass is 449 g/mol. The Morgan fingerprint density at radius 3 is 2.45 bits per heavy atom. The van der Waals surface area contributed by atoms with Crippen molar-refractivity contribution in [3.8, 4) is 5.82 Å². The molecule has 0 bridgehead atoms. The summed E-state index contributed by atoms with van der Waals surface area (Å²) in [6.45, 7) is 4.01. The Hall–Kier alpha value is -3.79.